The van der Waals surface area contributed by atoms with E-state index < -0.39 is 12.1 Å². The van der Waals surface area contributed by atoms with Crippen molar-refractivity contribution in [1.82, 2.24) is 19.3 Å². The fourth-order valence-corrected chi connectivity index (χ4v) is 8.67. The third-order valence-corrected chi connectivity index (χ3v) is 11.0. The van der Waals surface area contributed by atoms with E-state index in [1.807, 2.05) is 34.1 Å². The maximum atomic E-state index is 15.0. The number of amides is 2. The van der Waals surface area contributed by atoms with Crippen molar-refractivity contribution < 1.29 is 9.59 Å². The molecule has 0 spiro atoms. The summed E-state index contributed by atoms with van der Waals surface area (Å²) in [6.07, 6.45) is 0.581. The van der Waals surface area contributed by atoms with Crippen molar-refractivity contribution >= 4 is 22.7 Å². The molecule has 3 heterocycles. The predicted molar refractivity (Wildman–Crippen MR) is 209 cm³/mol. The molecule has 2 atom stereocenters. The number of fused-ring (bicyclic) bond motifs is 2. The van der Waals surface area contributed by atoms with Crippen molar-refractivity contribution in [3.8, 4) is 11.3 Å². The molecule has 8 rings (SSSR count). The van der Waals surface area contributed by atoms with Crippen molar-refractivity contribution in [3.05, 3.63) is 167 Å². The summed E-state index contributed by atoms with van der Waals surface area (Å²) >= 11 is 0. The number of nitrogens with zero attached hydrogens (tertiary/aromatic N) is 4. The van der Waals surface area contributed by atoms with Gasteiger partial charge in [-0.1, -0.05) is 141 Å². The number of aromatic nitrogens is 1. The van der Waals surface area contributed by atoms with Crippen LogP contribution in [0.5, 0.6) is 0 Å². The van der Waals surface area contributed by atoms with E-state index >= 15 is 4.79 Å². The van der Waals surface area contributed by atoms with Crippen LogP contribution in [0.15, 0.2) is 140 Å². The zero-order valence-corrected chi connectivity index (χ0v) is 30.2. The summed E-state index contributed by atoms with van der Waals surface area (Å²) in [5.41, 5.74) is 8.46. The molecule has 0 N–H and O–H groups in total. The number of hydrogen-bond donors (Lipinski definition) is 0. The van der Waals surface area contributed by atoms with Gasteiger partial charge >= 0.3 is 0 Å². The van der Waals surface area contributed by atoms with Crippen LogP contribution in [-0.2, 0) is 11.8 Å². The van der Waals surface area contributed by atoms with Crippen LogP contribution in [0.4, 0.5) is 0 Å². The van der Waals surface area contributed by atoms with E-state index in [4.69, 9.17) is 0 Å². The first-order valence-electron chi connectivity index (χ1n) is 18.6. The fraction of sp³-hybridized carbons (Fsp3) is 0.261. The van der Waals surface area contributed by atoms with E-state index in [1.165, 1.54) is 11.1 Å². The second-order valence-corrected chi connectivity index (χ2v) is 14.6. The highest BCUT2D eigenvalue weighted by molar-refractivity contribution is 6.04. The molecule has 0 aliphatic carbocycles. The van der Waals surface area contributed by atoms with Gasteiger partial charge in [-0.05, 0) is 46.7 Å². The van der Waals surface area contributed by atoms with Gasteiger partial charge in [0, 0.05) is 55.3 Å². The standard InChI is InChI=1S/C46H46N4O2/c1-32(2)31-40(46(52)49-29-27-48(28-30-49)42(33-17-7-4-8-18-33)34-19-9-5-10-20-34)50-44(36-23-13-14-24-37(36)45(50)51)41-38-25-15-16-26-39(38)47(3)43(41)35-21-11-6-12-22-35/h4-26,32,40,42,44H,27-31H2,1-3H3. The lowest BCUT2D eigenvalue weighted by atomic mass is 9.91. The molecule has 6 heteroatoms. The van der Waals surface area contributed by atoms with Crippen LogP contribution in [0, 0.1) is 5.92 Å². The smallest absolute Gasteiger partial charge is 0.255 e. The third-order valence-electron chi connectivity index (χ3n) is 11.0. The van der Waals surface area contributed by atoms with Crippen LogP contribution in [0.1, 0.15) is 65.0 Å². The van der Waals surface area contributed by atoms with Gasteiger partial charge in [0.15, 0.2) is 0 Å². The maximum absolute atomic E-state index is 15.0. The van der Waals surface area contributed by atoms with Crippen LogP contribution in [0.3, 0.4) is 0 Å². The molecular weight excluding hydrogens is 641 g/mol. The summed E-state index contributed by atoms with van der Waals surface area (Å²) in [4.78, 5) is 36.3. The number of rotatable bonds is 9. The topological polar surface area (TPSA) is 48.8 Å². The number of carbonyl (C=O) groups is 2. The Kier molecular flexibility index (Phi) is 9.25. The molecule has 1 aromatic heterocycles. The van der Waals surface area contributed by atoms with Gasteiger partial charge in [0.05, 0.1) is 17.8 Å². The van der Waals surface area contributed by atoms with E-state index in [1.54, 1.807) is 0 Å². The molecule has 0 radical (unpaired) electrons. The van der Waals surface area contributed by atoms with Gasteiger partial charge in [-0.2, -0.15) is 0 Å². The van der Waals surface area contributed by atoms with Crippen molar-refractivity contribution in [2.75, 3.05) is 26.2 Å². The molecule has 2 aliphatic rings. The summed E-state index contributed by atoms with van der Waals surface area (Å²) < 4.78 is 2.25. The molecule has 2 unspecified atom stereocenters. The maximum Gasteiger partial charge on any atom is 0.255 e. The van der Waals surface area contributed by atoms with Gasteiger partial charge in [0.1, 0.15) is 6.04 Å². The minimum absolute atomic E-state index is 0.0389. The Morgan fingerprint density at radius 2 is 1.25 bits per heavy atom. The zero-order valence-electron chi connectivity index (χ0n) is 30.2. The fourth-order valence-electron chi connectivity index (χ4n) is 8.67. The van der Waals surface area contributed by atoms with Gasteiger partial charge in [-0.25, -0.2) is 0 Å². The van der Waals surface area contributed by atoms with E-state index in [0.29, 0.717) is 25.1 Å². The van der Waals surface area contributed by atoms with Crippen LogP contribution < -0.4 is 0 Å². The van der Waals surface area contributed by atoms with E-state index in [9.17, 15) is 4.79 Å². The first kappa shape index (κ1) is 33.7. The Balaban J connectivity index is 1.17. The van der Waals surface area contributed by atoms with Gasteiger partial charge in [-0.15, -0.1) is 0 Å². The summed E-state index contributed by atoms with van der Waals surface area (Å²) in [5, 5.41) is 1.10. The molecular formula is C46H46N4O2. The monoisotopic (exact) mass is 686 g/mol. The van der Waals surface area contributed by atoms with Crippen molar-refractivity contribution in [1.29, 1.82) is 0 Å². The highest BCUT2D eigenvalue weighted by Crippen LogP contribution is 2.48. The molecule has 2 amide bonds. The number of para-hydroxylation sites is 1. The Morgan fingerprint density at radius 3 is 1.88 bits per heavy atom. The first-order chi connectivity index (χ1) is 25.4. The SMILES string of the molecule is CC(C)CC(C(=O)N1CCN(C(c2ccccc2)c2ccccc2)CC1)N1C(=O)c2ccccc2C1c1c(-c2ccccc2)n(C)c2ccccc12. The Morgan fingerprint density at radius 1 is 0.692 bits per heavy atom. The minimum atomic E-state index is -0.613. The van der Waals surface area contributed by atoms with Crippen molar-refractivity contribution in [2.24, 2.45) is 13.0 Å². The van der Waals surface area contributed by atoms with Crippen LogP contribution in [-0.4, -0.2) is 63.3 Å². The molecule has 262 valence electrons. The quantitative estimate of drug-likeness (QED) is 0.153. The molecule has 0 saturated carbocycles. The normalized spacial score (nSPS) is 16.9. The van der Waals surface area contributed by atoms with Crippen LogP contribution in [0.25, 0.3) is 22.2 Å². The molecule has 2 aliphatic heterocycles. The number of aryl methyl sites for hydroxylation is 1. The van der Waals surface area contributed by atoms with E-state index in [-0.39, 0.29) is 23.8 Å². The second kappa shape index (κ2) is 14.3. The highest BCUT2D eigenvalue weighted by Gasteiger charge is 2.47. The van der Waals surface area contributed by atoms with Gasteiger partial charge in [0.25, 0.3) is 5.91 Å². The Labute approximate surface area is 306 Å². The molecule has 0 bridgehead atoms. The van der Waals surface area contributed by atoms with E-state index in [2.05, 4.69) is 146 Å². The lowest BCUT2D eigenvalue weighted by Crippen LogP contribution is -2.56. The summed E-state index contributed by atoms with van der Waals surface area (Å²) in [6.45, 7) is 7.00. The largest absolute Gasteiger partial charge is 0.343 e. The molecule has 1 saturated heterocycles. The predicted octanol–water partition coefficient (Wildman–Crippen LogP) is 8.74. The van der Waals surface area contributed by atoms with Crippen molar-refractivity contribution in [3.63, 3.8) is 0 Å². The molecule has 5 aromatic carbocycles. The Bertz CT molecular complexity index is 2150. The number of carbonyl (C=O) groups excluding carboxylic acids is 2. The lowest BCUT2D eigenvalue weighted by molar-refractivity contribution is -0.139. The van der Waals surface area contributed by atoms with Crippen LogP contribution >= 0.6 is 0 Å². The van der Waals surface area contributed by atoms with Gasteiger partial charge < -0.3 is 14.4 Å². The zero-order chi connectivity index (χ0) is 35.8. The van der Waals surface area contributed by atoms with Crippen LogP contribution in [0.2, 0.25) is 0 Å². The average Bonchev–Trinajstić information content (AvgIpc) is 3.64. The minimum Gasteiger partial charge on any atom is -0.343 e. The second-order valence-electron chi connectivity index (χ2n) is 14.6. The molecule has 1 fully saturated rings. The molecule has 52 heavy (non-hydrogen) atoms. The number of hydrogen-bond acceptors (Lipinski definition) is 3. The number of piperazine rings is 1. The lowest BCUT2D eigenvalue weighted by Gasteiger charge is -2.42. The third kappa shape index (κ3) is 6.01. The number of benzene rings is 5. The Hall–Kier alpha value is -5.46. The van der Waals surface area contributed by atoms with E-state index in [0.717, 1.165) is 46.4 Å². The average molecular weight is 687 g/mol. The van der Waals surface area contributed by atoms with Crippen molar-refractivity contribution in [2.45, 2.75) is 38.4 Å². The molecule has 6 nitrogen and oxygen atoms in total. The summed E-state index contributed by atoms with van der Waals surface area (Å²) in [6, 6.07) is 47.2. The molecule has 6 aromatic rings. The summed E-state index contributed by atoms with van der Waals surface area (Å²) in [7, 11) is 2.11. The van der Waals surface area contributed by atoms with Gasteiger partial charge in [-0.3, -0.25) is 14.5 Å². The first-order valence-corrected chi connectivity index (χ1v) is 18.6. The van der Waals surface area contributed by atoms with Gasteiger partial charge in [0.2, 0.25) is 5.91 Å². The highest BCUT2D eigenvalue weighted by atomic mass is 16.2. The summed E-state index contributed by atoms with van der Waals surface area (Å²) in [5.74, 6) is 0.171.